The average molecular weight is 297 g/mol. The summed E-state index contributed by atoms with van der Waals surface area (Å²) in [6, 6.07) is 3.49. The summed E-state index contributed by atoms with van der Waals surface area (Å²) in [4.78, 5) is 2.35. The molecule has 2 rings (SSSR count). The highest BCUT2D eigenvalue weighted by molar-refractivity contribution is 5.20. The van der Waals surface area contributed by atoms with E-state index in [9.17, 15) is 13.9 Å². The van der Waals surface area contributed by atoms with E-state index in [1.807, 2.05) is 0 Å². The summed E-state index contributed by atoms with van der Waals surface area (Å²) in [5, 5.41) is 10.8. The fourth-order valence-corrected chi connectivity index (χ4v) is 3.68. The molecule has 118 valence electrons. The highest BCUT2D eigenvalue weighted by Gasteiger charge is 2.41. The molecule has 1 aromatic carbocycles. The monoisotopic (exact) mass is 297 g/mol. The standard InChI is InChI=1S/C17H25F2NO/c1-3-17(4-2,20-7-5-6-8-20)16(21)11-13-9-14(18)12-15(19)10-13/h9-10,12,16,21H,3-8,11H2,1-2H3. The lowest BCUT2D eigenvalue weighted by atomic mass is 9.81. The Kier molecular flexibility index (Phi) is 5.33. The number of halogens is 2. The quantitative estimate of drug-likeness (QED) is 0.868. The number of aliphatic hydroxyl groups excluding tert-OH is 1. The number of hydrogen-bond acceptors (Lipinski definition) is 2. The van der Waals surface area contributed by atoms with Crippen LogP contribution in [0, 0.1) is 11.6 Å². The van der Waals surface area contributed by atoms with E-state index in [0.29, 0.717) is 5.56 Å². The van der Waals surface area contributed by atoms with Gasteiger partial charge in [-0.2, -0.15) is 0 Å². The fourth-order valence-electron chi connectivity index (χ4n) is 3.68. The summed E-state index contributed by atoms with van der Waals surface area (Å²) in [6.07, 6.45) is 3.65. The molecule has 0 radical (unpaired) electrons. The van der Waals surface area contributed by atoms with Gasteiger partial charge in [-0.1, -0.05) is 13.8 Å². The van der Waals surface area contributed by atoms with Crippen molar-refractivity contribution in [3.05, 3.63) is 35.4 Å². The lowest BCUT2D eigenvalue weighted by Gasteiger charge is -2.44. The zero-order chi connectivity index (χ0) is 15.5. The van der Waals surface area contributed by atoms with Crippen LogP contribution in [0.25, 0.3) is 0 Å². The van der Waals surface area contributed by atoms with E-state index in [2.05, 4.69) is 18.7 Å². The number of nitrogens with zero attached hydrogens (tertiary/aromatic N) is 1. The van der Waals surface area contributed by atoms with Gasteiger partial charge in [-0.3, -0.25) is 4.90 Å². The van der Waals surface area contributed by atoms with Crippen molar-refractivity contribution in [2.75, 3.05) is 13.1 Å². The Morgan fingerprint density at radius 2 is 1.62 bits per heavy atom. The maximum absolute atomic E-state index is 13.3. The Bertz CT molecular complexity index is 448. The van der Waals surface area contributed by atoms with Gasteiger partial charge in [0.1, 0.15) is 11.6 Å². The van der Waals surface area contributed by atoms with Gasteiger partial charge in [-0.15, -0.1) is 0 Å². The molecule has 0 aromatic heterocycles. The van der Waals surface area contributed by atoms with Crippen molar-refractivity contribution in [3.63, 3.8) is 0 Å². The summed E-state index contributed by atoms with van der Waals surface area (Å²) >= 11 is 0. The molecule has 1 heterocycles. The van der Waals surface area contributed by atoms with Crippen LogP contribution < -0.4 is 0 Å². The number of hydrogen-bond donors (Lipinski definition) is 1. The van der Waals surface area contributed by atoms with E-state index in [0.717, 1.165) is 44.8 Å². The van der Waals surface area contributed by atoms with Crippen LogP contribution >= 0.6 is 0 Å². The van der Waals surface area contributed by atoms with Gasteiger partial charge in [0, 0.05) is 18.0 Å². The van der Waals surface area contributed by atoms with E-state index in [1.165, 1.54) is 12.1 Å². The highest BCUT2D eigenvalue weighted by Crippen LogP contribution is 2.33. The van der Waals surface area contributed by atoms with Gasteiger partial charge < -0.3 is 5.11 Å². The van der Waals surface area contributed by atoms with Crippen LogP contribution in [-0.2, 0) is 6.42 Å². The molecule has 0 amide bonds. The Morgan fingerprint density at radius 3 is 2.10 bits per heavy atom. The second kappa shape index (κ2) is 6.84. The molecule has 0 saturated carbocycles. The third-order valence-corrected chi connectivity index (χ3v) is 4.93. The number of likely N-dealkylation sites (tertiary alicyclic amines) is 1. The van der Waals surface area contributed by atoms with Gasteiger partial charge in [0.15, 0.2) is 0 Å². The molecule has 1 N–H and O–H groups in total. The van der Waals surface area contributed by atoms with Crippen molar-refractivity contribution in [1.29, 1.82) is 0 Å². The molecule has 1 aliphatic rings. The smallest absolute Gasteiger partial charge is 0.126 e. The Balaban J connectivity index is 2.19. The Hall–Kier alpha value is -1.00. The molecule has 4 heteroatoms. The average Bonchev–Trinajstić information content (AvgIpc) is 2.94. The van der Waals surface area contributed by atoms with Crippen molar-refractivity contribution in [2.24, 2.45) is 0 Å². The van der Waals surface area contributed by atoms with Crippen LogP contribution in [0.5, 0.6) is 0 Å². The van der Waals surface area contributed by atoms with Crippen molar-refractivity contribution >= 4 is 0 Å². The van der Waals surface area contributed by atoms with E-state index < -0.39 is 17.7 Å². The van der Waals surface area contributed by atoms with Gasteiger partial charge >= 0.3 is 0 Å². The third kappa shape index (κ3) is 3.43. The molecule has 1 unspecified atom stereocenters. The maximum Gasteiger partial charge on any atom is 0.126 e. The number of rotatable bonds is 6. The second-order valence-corrected chi connectivity index (χ2v) is 6.00. The summed E-state index contributed by atoms with van der Waals surface area (Å²) in [6.45, 7) is 6.15. The lowest BCUT2D eigenvalue weighted by molar-refractivity contribution is -0.0270. The largest absolute Gasteiger partial charge is 0.391 e. The lowest BCUT2D eigenvalue weighted by Crippen LogP contribution is -2.55. The van der Waals surface area contributed by atoms with Crippen molar-refractivity contribution < 1.29 is 13.9 Å². The fraction of sp³-hybridized carbons (Fsp3) is 0.647. The maximum atomic E-state index is 13.3. The molecule has 0 spiro atoms. The molecule has 0 bridgehead atoms. The van der Waals surface area contributed by atoms with Gasteiger partial charge in [-0.05, 0) is 56.5 Å². The molecule has 0 aliphatic carbocycles. The number of benzene rings is 1. The third-order valence-electron chi connectivity index (χ3n) is 4.93. The highest BCUT2D eigenvalue weighted by atomic mass is 19.1. The molecule has 2 nitrogen and oxygen atoms in total. The molecule has 21 heavy (non-hydrogen) atoms. The van der Waals surface area contributed by atoms with E-state index in [1.54, 1.807) is 0 Å². The molecule has 1 aromatic rings. The van der Waals surface area contributed by atoms with E-state index in [-0.39, 0.29) is 12.0 Å². The second-order valence-electron chi connectivity index (χ2n) is 6.00. The molecular formula is C17H25F2NO. The first-order chi connectivity index (χ1) is 10.0. The van der Waals surface area contributed by atoms with Gasteiger partial charge in [0.2, 0.25) is 0 Å². The minimum absolute atomic E-state index is 0.285. The predicted molar refractivity (Wildman–Crippen MR) is 80.2 cm³/mol. The van der Waals surface area contributed by atoms with E-state index in [4.69, 9.17) is 0 Å². The Morgan fingerprint density at radius 1 is 1.10 bits per heavy atom. The summed E-state index contributed by atoms with van der Waals surface area (Å²) in [5.74, 6) is -1.17. The van der Waals surface area contributed by atoms with Crippen LogP contribution in [0.2, 0.25) is 0 Å². The van der Waals surface area contributed by atoms with Crippen molar-refractivity contribution in [1.82, 2.24) is 4.90 Å². The number of aliphatic hydroxyl groups is 1. The summed E-state index contributed by atoms with van der Waals surface area (Å²) in [7, 11) is 0. The summed E-state index contributed by atoms with van der Waals surface area (Å²) in [5.41, 5.74) is 0.227. The molecule has 1 saturated heterocycles. The van der Waals surface area contributed by atoms with Crippen molar-refractivity contribution in [2.45, 2.75) is 57.6 Å². The molecular weight excluding hydrogens is 272 g/mol. The normalized spacial score (nSPS) is 18.1. The van der Waals surface area contributed by atoms with Gasteiger partial charge in [-0.25, -0.2) is 8.78 Å². The first kappa shape index (κ1) is 16.4. The predicted octanol–water partition coefficient (Wildman–Crippen LogP) is 3.52. The minimum atomic E-state index is -0.619. The first-order valence-electron chi connectivity index (χ1n) is 7.90. The van der Waals surface area contributed by atoms with Gasteiger partial charge in [0.05, 0.1) is 6.10 Å². The van der Waals surface area contributed by atoms with E-state index >= 15 is 0 Å². The molecule has 1 atom stereocenters. The summed E-state index contributed by atoms with van der Waals surface area (Å²) < 4.78 is 26.6. The zero-order valence-electron chi connectivity index (χ0n) is 12.9. The first-order valence-corrected chi connectivity index (χ1v) is 7.90. The molecule has 1 aliphatic heterocycles. The van der Waals surface area contributed by atoms with Crippen LogP contribution in [0.1, 0.15) is 45.1 Å². The van der Waals surface area contributed by atoms with Crippen LogP contribution in [0.15, 0.2) is 18.2 Å². The zero-order valence-corrected chi connectivity index (χ0v) is 12.9. The molecule has 1 fully saturated rings. The minimum Gasteiger partial charge on any atom is -0.391 e. The van der Waals surface area contributed by atoms with Crippen LogP contribution in [0.4, 0.5) is 8.78 Å². The Labute approximate surface area is 125 Å². The van der Waals surface area contributed by atoms with Crippen molar-refractivity contribution in [3.8, 4) is 0 Å². The van der Waals surface area contributed by atoms with Gasteiger partial charge in [0.25, 0.3) is 0 Å². The SMILES string of the molecule is CCC(CC)(C(O)Cc1cc(F)cc(F)c1)N1CCCC1. The topological polar surface area (TPSA) is 23.5 Å². The van der Waals surface area contributed by atoms with Crippen LogP contribution in [0.3, 0.4) is 0 Å². The van der Waals surface area contributed by atoms with Crippen LogP contribution in [-0.4, -0.2) is 34.7 Å².